The first kappa shape index (κ1) is 13.4. The Hall–Kier alpha value is -2.07. The normalized spacial score (nSPS) is 10.2. The third-order valence-corrected chi connectivity index (χ3v) is 3.11. The van der Waals surface area contributed by atoms with Gasteiger partial charge in [0, 0.05) is 6.20 Å². The molecule has 0 spiro atoms. The minimum absolute atomic E-state index is 0.0813. The molecule has 4 nitrogen and oxygen atoms in total. The summed E-state index contributed by atoms with van der Waals surface area (Å²) in [6.07, 6.45) is 1.71. The summed E-state index contributed by atoms with van der Waals surface area (Å²) in [6, 6.07) is 8.78. The SMILES string of the molecule is Cc1cccnc1CNc1cccc(Cl)c1C(=O)O. The molecule has 0 radical (unpaired) electrons. The molecule has 19 heavy (non-hydrogen) atoms. The van der Waals surface area contributed by atoms with Crippen LogP contribution >= 0.6 is 11.6 Å². The van der Waals surface area contributed by atoms with Gasteiger partial charge in [-0.3, -0.25) is 4.98 Å². The van der Waals surface area contributed by atoms with Crippen LogP contribution in [0.15, 0.2) is 36.5 Å². The number of hydrogen-bond acceptors (Lipinski definition) is 3. The van der Waals surface area contributed by atoms with Crippen LogP contribution in [0.2, 0.25) is 5.02 Å². The summed E-state index contributed by atoms with van der Waals surface area (Å²) in [5, 5.41) is 12.4. The van der Waals surface area contributed by atoms with Crippen molar-refractivity contribution in [2.75, 3.05) is 5.32 Å². The van der Waals surface area contributed by atoms with Crippen LogP contribution in [0.3, 0.4) is 0 Å². The third kappa shape index (κ3) is 3.03. The predicted molar refractivity (Wildman–Crippen MR) is 74.7 cm³/mol. The maximum atomic E-state index is 11.2. The van der Waals surface area contributed by atoms with Gasteiger partial charge in [0.1, 0.15) is 5.56 Å². The van der Waals surface area contributed by atoms with E-state index in [1.165, 1.54) is 0 Å². The first-order valence-corrected chi connectivity index (χ1v) is 6.13. The topological polar surface area (TPSA) is 62.2 Å². The predicted octanol–water partition coefficient (Wildman–Crippen LogP) is 3.35. The molecule has 0 aliphatic carbocycles. The largest absolute Gasteiger partial charge is 0.478 e. The number of nitrogens with zero attached hydrogens (tertiary/aromatic N) is 1. The summed E-state index contributed by atoms with van der Waals surface area (Å²) in [5.74, 6) is -1.05. The highest BCUT2D eigenvalue weighted by Gasteiger charge is 2.14. The molecule has 0 aliphatic rings. The highest BCUT2D eigenvalue weighted by molar-refractivity contribution is 6.34. The number of aryl methyl sites for hydroxylation is 1. The molecule has 2 aromatic rings. The lowest BCUT2D eigenvalue weighted by Gasteiger charge is -2.11. The quantitative estimate of drug-likeness (QED) is 0.899. The van der Waals surface area contributed by atoms with Crippen molar-refractivity contribution in [1.29, 1.82) is 0 Å². The van der Waals surface area contributed by atoms with Gasteiger partial charge in [0.25, 0.3) is 0 Å². The molecule has 1 aromatic heterocycles. The van der Waals surface area contributed by atoms with Gasteiger partial charge >= 0.3 is 5.97 Å². The summed E-state index contributed by atoms with van der Waals surface area (Å²) in [6.45, 7) is 2.41. The fourth-order valence-corrected chi connectivity index (χ4v) is 2.03. The minimum atomic E-state index is -1.05. The number of aromatic nitrogens is 1. The Morgan fingerprint density at radius 1 is 1.37 bits per heavy atom. The zero-order chi connectivity index (χ0) is 13.8. The van der Waals surface area contributed by atoms with E-state index in [1.54, 1.807) is 24.4 Å². The second kappa shape index (κ2) is 5.71. The van der Waals surface area contributed by atoms with E-state index in [-0.39, 0.29) is 10.6 Å². The number of benzene rings is 1. The number of hydrogen-bond donors (Lipinski definition) is 2. The van der Waals surface area contributed by atoms with Crippen LogP contribution in [-0.2, 0) is 6.54 Å². The van der Waals surface area contributed by atoms with E-state index in [4.69, 9.17) is 16.7 Å². The van der Waals surface area contributed by atoms with Gasteiger partial charge in [-0.15, -0.1) is 0 Å². The second-order valence-corrected chi connectivity index (χ2v) is 4.50. The van der Waals surface area contributed by atoms with Crippen molar-refractivity contribution in [2.45, 2.75) is 13.5 Å². The van der Waals surface area contributed by atoms with Crippen LogP contribution < -0.4 is 5.32 Å². The molecular weight excluding hydrogens is 264 g/mol. The number of carboxylic acids is 1. The molecular formula is C14H13ClN2O2. The Kier molecular flexibility index (Phi) is 4.02. The Morgan fingerprint density at radius 3 is 2.84 bits per heavy atom. The van der Waals surface area contributed by atoms with E-state index in [0.29, 0.717) is 12.2 Å². The van der Waals surface area contributed by atoms with Gasteiger partial charge < -0.3 is 10.4 Å². The lowest BCUT2D eigenvalue weighted by molar-refractivity contribution is 0.0698. The first-order chi connectivity index (χ1) is 9.09. The summed E-state index contributed by atoms with van der Waals surface area (Å²) >= 11 is 5.90. The van der Waals surface area contributed by atoms with E-state index in [9.17, 15) is 4.79 Å². The molecule has 0 aliphatic heterocycles. The Balaban J connectivity index is 2.23. The Labute approximate surface area is 116 Å². The number of halogens is 1. The Morgan fingerprint density at radius 2 is 2.16 bits per heavy atom. The van der Waals surface area contributed by atoms with Gasteiger partial charge in [-0.1, -0.05) is 23.7 Å². The number of carboxylic acid groups (broad SMARTS) is 1. The molecule has 2 rings (SSSR count). The van der Waals surface area contributed by atoms with Gasteiger partial charge in [0.2, 0.25) is 0 Å². The molecule has 0 bridgehead atoms. The van der Waals surface area contributed by atoms with Crippen LogP contribution in [-0.4, -0.2) is 16.1 Å². The smallest absolute Gasteiger partial charge is 0.339 e. The number of anilines is 1. The summed E-state index contributed by atoms with van der Waals surface area (Å²) in [4.78, 5) is 15.4. The molecule has 1 aromatic carbocycles. The molecule has 0 unspecified atom stereocenters. The molecule has 1 heterocycles. The maximum Gasteiger partial charge on any atom is 0.339 e. The molecule has 0 fully saturated rings. The van der Waals surface area contributed by atoms with Crippen molar-refractivity contribution < 1.29 is 9.90 Å². The van der Waals surface area contributed by atoms with E-state index < -0.39 is 5.97 Å². The van der Waals surface area contributed by atoms with Crippen molar-refractivity contribution in [3.8, 4) is 0 Å². The fourth-order valence-electron chi connectivity index (χ4n) is 1.77. The molecule has 98 valence electrons. The van der Waals surface area contributed by atoms with E-state index in [2.05, 4.69) is 10.3 Å². The van der Waals surface area contributed by atoms with Gasteiger partial charge in [-0.2, -0.15) is 0 Å². The van der Waals surface area contributed by atoms with Crippen LogP contribution in [0.4, 0.5) is 5.69 Å². The van der Waals surface area contributed by atoms with Gasteiger partial charge in [0.05, 0.1) is 22.9 Å². The van der Waals surface area contributed by atoms with E-state index >= 15 is 0 Å². The lowest BCUT2D eigenvalue weighted by atomic mass is 10.1. The second-order valence-electron chi connectivity index (χ2n) is 4.09. The first-order valence-electron chi connectivity index (χ1n) is 5.75. The number of rotatable bonds is 4. The van der Waals surface area contributed by atoms with Crippen molar-refractivity contribution in [2.24, 2.45) is 0 Å². The standard InChI is InChI=1S/C14H13ClN2O2/c1-9-4-3-7-16-12(9)8-17-11-6-2-5-10(15)13(11)14(18)19/h2-7,17H,8H2,1H3,(H,18,19). The monoisotopic (exact) mass is 276 g/mol. The molecule has 0 saturated heterocycles. The summed E-state index contributed by atoms with van der Waals surface area (Å²) in [7, 11) is 0. The van der Waals surface area contributed by atoms with Crippen LogP contribution in [0.25, 0.3) is 0 Å². The van der Waals surface area contributed by atoms with Crippen molar-refractivity contribution >= 4 is 23.3 Å². The highest BCUT2D eigenvalue weighted by atomic mass is 35.5. The van der Waals surface area contributed by atoms with E-state index in [1.807, 2.05) is 19.1 Å². The zero-order valence-electron chi connectivity index (χ0n) is 10.4. The lowest BCUT2D eigenvalue weighted by Crippen LogP contribution is -2.08. The van der Waals surface area contributed by atoms with Crippen LogP contribution in [0.5, 0.6) is 0 Å². The highest BCUT2D eigenvalue weighted by Crippen LogP contribution is 2.24. The fraction of sp³-hybridized carbons (Fsp3) is 0.143. The molecule has 0 saturated carbocycles. The van der Waals surface area contributed by atoms with Gasteiger partial charge in [-0.25, -0.2) is 4.79 Å². The molecule has 0 amide bonds. The van der Waals surface area contributed by atoms with Crippen molar-refractivity contribution in [3.63, 3.8) is 0 Å². The average molecular weight is 277 g/mol. The number of carbonyl (C=O) groups is 1. The Bertz CT molecular complexity index is 614. The minimum Gasteiger partial charge on any atom is -0.478 e. The van der Waals surface area contributed by atoms with Crippen LogP contribution in [0.1, 0.15) is 21.6 Å². The number of pyridine rings is 1. The van der Waals surface area contributed by atoms with E-state index in [0.717, 1.165) is 11.3 Å². The number of nitrogens with one attached hydrogen (secondary N) is 1. The molecule has 0 atom stereocenters. The maximum absolute atomic E-state index is 11.2. The van der Waals surface area contributed by atoms with Crippen molar-refractivity contribution in [1.82, 2.24) is 4.98 Å². The van der Waals surface area contributed by atoms with Crippen LogP contribution in [0, 0.1) is 6.92 Å². The summed E-state index contributed by atoms with van der Waals surface area (Å²) in [5.41, 5.74) is 2.50. The zero-order valence-corrected chi connectivity index (χ0v) is 11.1. The van der Waals surface area contributed by atoms with Gasteiger partial charge in [-0.05, 0) is 30.7 Å². The summed E-state index contributed by atoms with van der Waals surface area (Å²) < 4.78 is 0. The number of aromatic carboxylic acids is 1. The van der Waals surface area contributed by atoms with Gasteiger partial charge in [0.15, 0.2) is 0 Å². The molecule has 2 N–H and O–H groups in total. The van der Waals surface area contributed by atoms with Crippen molar-refractivity contribution in [3.05, 3.63) is 58.4 Å². The average Bonchev–Trinajstić information content (AvgIpc) is 2.37. The third-order valence-electron chi connectivity index (χ3n) is 2.79. The molecule has 5 heteroatoms.